The molecule has 1 saturated carbocycles. The lowest BCUT2D eigenvalue weighted by molar-refractivity contribution is -0.124. The summed E-state index contributed by atoms with van der Waals surface area (Å²) in [6.45, 7) is 5.39. The molecule has 1 unspecified atom stereocenters. The lowest BCUT2D eigenvalue weighted by Gasteiger charge is -2.37. The van der Waals surface area contributed by atoms with Crippen molar-refractivity contribution < 1.29 is 9.59 Å². The Hall–Kier alpha value is -2.43. The predicted octanol–water partition coefficient (Wildman–Crippen LogP) is 0.781. The van der Waals surface area contributed by atoms with Crippen molar-refractivity contribution in [3.8, 4) is 6.07 Å². The molecule has 1 saturated heterocycles. The van der Waals surface area contributed by atoms with Gasteiger partial charge in [0, 0.05) is 37.9 Å². The zero-order chi connectivity index (χ0) is 18.5. The monoisotopic (exact) mass is 355 g/mol. The molecule has 2 aliphatic rings. The second-order valence-electron chi connectivity index (χ2n) is 7.01. The van der Waals surface area contributed by atoms with Gasteiger partial charge in [-0.1, -0.05) is 6.07 Å². The molecule has 26 heavy (non-hydrogen) atoms. The van der Waals surface area contributed by atoms with E-state index in [1.54, 1.807) is 24.3 Å². The van der Waals surface area contributed by atoms with Gasteiger partial charge in [0.05, 0.1) is 24.2 Å². The van der Waals surface area contributed by atoms with Crippen LogP contribution in [-0.2, 0) is 9.59 Å². The molecule has 7 nitrogen and oxygen atoms in total. The molecule has 2 N–H and O–H groups in total. The first-order valence-electron chi connectivity index (χ1n) is 9.12. The number of carbonyl (C=O) groups is 2. The Morgan fingerprint density at radius 3 is 2.65 bits per heavy atom. The van der Waals surface area contributed by atoms with Crippen LogP contribution < -0.4 is 10.6 Å². The molecule has 1 atom stereocenters. The summed E-state index contributed by atoms with van der Waals surface area (Å²) < 4.78 is 0. The lowest BCUT2D eigenvalue weighted by atomic mass is 10.2. The van der Waals surface area contributed by atoms with Gasteiger partial charge in [-0.2, -0.15) is 5.26 Å². The van der Waals surface area contributed by atoms with Gasteiger partial charge in [-0.15, -0.1) is 0 Å². The number of nitrogens with zero attached hydrogens (tertiary/aromatic N) is 3. The molecule has 1 aliphatic heterocycles. The Balaban J connectivity index is 1.44. The molecule has 0 radical (unpaired) electrons. The maximum absolute atomic E-state index is 12.5. The van der Waals surface area contributed by atoms with Crippen LogP contribution in [0.4, 0.5) is 5.69 Å². The van der Waals surface area contributed by atoms with Gasteiger partial charge in [0.25, 0.3) is 0 Å². The van der Waals surface area contributed by atoms with Crippen LogP contribution in [-0.4, -0.2) is 66.4 Å². The van der Waals surface area contributed by atoms with E-state index in [0.29, 0.717) is 23.8 Å². The molecular formula is C19H25N5O2. The van der Waals surface area contributed by atoms with Gasteiger partial charge in [-0.25, -0.2) is 0 Å². The van der Waals surface area contributed by atoms with Crippen LogP contribution in [0, 0.1) is 11.3 Å². The van der Waals surface area contributed by atoms with Gasteiger partial charge in [0.15, 0.2) is 0 Å². The van der Waals surface area contributed by atoms with Gasteiger partial charge in [0.2, 0.25) is 11.8 Å². The van der Waals surface area contributed by atoms with E-state index in [-0.39, 0.29) is 17.9 Å². The number of benzene rings is 1. The van der Waals surface area contributed by atoms with Crippen molar-refractivity contribution in [2.24, 2.45) is 0 Å². The van der Waals surface area contributed by atoms with Crippen molar-refractivity contribution >= 4 is 17.5 Å². The average Bonchev–Trinajstić information content (AvgIpc) is 3.45. The minimum atomic E-state index is -0.261. The number of amides is 2. The molecule has 1 aliphatic carbocycles. The molecule has 1 heterocycles. The lowest BCUT2D eigenvalue weighted by Crippen LogP contribution is -2.54. The first-order chi connectivity index (χ1) is 12.5. The van der Waals surface area contributed by atoms with E-state index >= 15 is 0 Å². The molecule has 7 heteroatoms. The summed E-state index contributed by atoms with van der Waals surface area (Å²) in [6, 6.07) is 9.11. The Labute approximate surface area is 153 Å². The van der Waals surface area contributed by atoms with E-state index in [1.165, 1.54) is 0 Å². The molecule has 0 spiro atoms. The molecule has 138 valence electrons. The second kappa shape index (κ2) is 8.30. The van der Waals surface area contributed by atoms with Crippen molar-refractivity contribution in [2.45, 2.75) is 31.8 Å². The molecule has 3 rings (SSSR count). The summed E-state index contributed by atoms with van der Waals surface area (Å²) in [5, 5.41) is 14.8. The van der Waals surface area contributed by atoms with Crippen molar-refractivity contribution in [1.82, 2.24) is 15.1 Å². The summed E-state index contributed by atoms with van der Waals surface area (Å²) in [5.74, 6) is 0.0177. The van der Waals surface area contributed by atoms with E-state index in [9.17, 15) is 9.59 Å². The fourth-order valence-corrected chi connectivity index (χ4v) is 3.09. The molecule has 2 fully saturated rings. The van der Waals surface area contributed by atoms with E-state index in [4.69, 9.17) is 5.26 Å². The number of hydrogen-bond donors (Lipinski definition) is 2. The highest BCUT2D eigenvalue weighted by Gasteiger charge is 2.28. The Bertz CT molecular complexity index is 702. The average molecular weight is 355 g/mol. The van der Waals surface area contributed by atoms with Crippen LogP contribution in [0.5, 0.6) is 0 Å². The minimum absolute atomic E-state index is 0.0833. The van der Waals surface area contributed by atoms with Crippen LogP contribution in [0.3, 0.4) is 0 Å². The molecule has 0 bridgehead atoms. The molecular weight excluding hydrogens is 330 g/mol. The SMILES string of the molecule is CC(C(=O)Nc1cccc(C#N)c1)N1CCN(CC(=O)NC2CC2)CC1. The summed E-state index contributed by atoms with van der Waals surface area (Å²) in [6.07, 6.45) is 2.20. The first kappa shape index (κ1) is 18.4. The Morgan fingerprint density at radius 1 is 1.27 bits per heavy atom. The van der Waals surface area contributed by atoms with Gasteiger partial charge in [-0.3, -0.25) is 19.4 Å². The third kappa shape index (κ3) is 5.04. The van der Waals surface area contributed by atoms with Crippen LogP contribution in [0.25, 0.3) is 0 Å². The number of carbonyl (C=O) groups excluding carboxylic acids is 2. The van der Waals surface area contributed by atoms with E-state index < -0.39 is 0 Å². The normalized spacial score (nSPS) is 19.4. The van der Waals surface area contributed by atoms with Gasteiger partial charge in [0.1, 0.15) is 0 Å². The van der Waals surface area contributed by atoms with Gasteiger partial charge in [-0.05, 0) is 38.0 Å². The minimum Gasteiger partial charge on any atom is -0.352 e. The summed E-state index contributed by atoms with van der Waals surface area (Å²) in [4.78, 5) is 28.6. The quantitative estimate of drug-likeness (QED) is 0.787. The Kier molecular flexibility index (Phi) is 5.86. The molecule has 1 aromatic rings. The van der Waals surface area contributed by atoms with Gasteiger partial charge < -0.3 is 10.6 Å². The van der Waals surface area contributed by atoms with Crippen LogP contribution in [0.15, 0.2) is 24.3 Å². The highest BCUT2D eigenvalue weighted by Crippen LogP contribution is 2.18. The zero-order valence-electron chi connectivity index (χ0n) is 15.1. The van der Waals surface area contributed by atoms with E-state index in [0.717, 1.165) is 39.0 Å². The largest absolute Gasteiger partial charge is 0.352 e. The summed E-state index contributed by atoms with van der Waals surface area (Å²) in [5.41, 5.74) is 1.16. The fourth-order valence-electron chi connectivity index (χ4n) is 3.09. The topological polar surface area (TPSA) is 88.5 Å². The number of hydrogen-bond acceptors (Lipinski definition) is 5. The van der Waals surface area contributed by atoms with Crippen molar-refractivity contribution in [3.05, 3.63) is 29.8 Å². The maximum atomic E-state index is 12.5. The standard InChI is InChI=1S/C19H25N5O2/c1-14(19(26)22-17-4-2-3-15(11-17)12-20)24-9-7-23(8-10-24)13-18(25)21-16-5-6-16/h2-4,11,14,16H,5-10,13H2,1H3,(H,21,25)(H,22,26). The maximum Gasteiger partial charge on any atom is 0.241 e. The second-order valence-corrected chi connectivity index (χ2v) is 7.01. The van der Waals surface area contributed by atoms with Crippen LogP contribution >= 0.6 is 0 Å². The van der Waals surface area contributed by atoms with Crippen molar-refractivity contribution in [2.75, 3.05) is 38.0 Å². The number of nitrogens with one attached hydrogen (secondary N) is 2. The first-order valence-corrected chi connectivity index (χ1v) is 9.12. The number of nitriles is 1. The zero-order valence-corrected chi connectivity index (χ0v) is 15.1. The fraction of sp³-hybridized carbons (Fsp3) is 0.526. The highest BCUT2D eigenvalue weighted by molar-refractivity contribution is 5.94. The third-order valence-corrected chi connectivity index (χ3v) is 4.90. The number of anilines is 1. The van der Waals surface area contributed by atoms with Gasteiger partial charge >= 0.3 is 0 Å². The third-order valence-electron chi connectivity index (χ3n) is 4.90. The number of piperazine rings is 1. The smallest absolute Gasteiger partial charge is 0.241 e. The van der Waals surface area contributed by atoms with Crippen LogP contribution in [0.1, 0.15) is 25.3 Å². The van der Waals surface area contributed by atoms with Crippen molar-refractivity contribution in [3.63, 3.8) is 0 Å². The van der Waals surface area contributed by atoms with E-state index in [1.807, 2.05) is 6.92 Å². The highest BCUT2D eigenvalue weighted by atomic mass is 16.2. The summed E-state index contributed by atoms with van der Waals surface area (Å²) >= 11 is 0. The van der Waals surface area contributed by atoms with E-state index in [2.05, 4.69) is 26.5 Å². The molecule has 2 amide bonds. The summed E-state index contributed by atoms with van der Waals surface area (Å²) in [7, 11) is 0. The molecule has 0 aromatic heterocycles. The molecule has 1 aromatic carbocycles. The van der Waals surface area contributed by atoms with Crippen LogP contribution in [0.2, 0.25) is 0 Å². The van der Waals surface area contributed by atoms with Crippen molar-refractivity contribution in [1.29, 1.82) is 5.26 Å². The number of rotatable bonds is 6. The predicted molar refractivity (Wildman–Crippen MR) is 98.4 cm³/mol. The Morgan fingerprint density at radius 2 is 2.00 bits per heavy atom.